The van der Waals surface area contributed by atoms with Crippen LogP contribution in [0.15, 0.2) is 42.5 Å². The van der Waals surface area contributed by atoms with Gasteiger partial charge in [0.2, 0.25) is 0 Å². The van der Waals surface area contributed by atoms with Gasteiger partial charge < -0.3 is 5.11 Å². The minimum absolute atomic E-state index is 0.316. The first kappa shape index (κ1) is 12.4. The first-order valence-corrected chi connectivity index (χ1v) is 7.19. The lowest BCUT2D eigenvalue weighted by Crippen LogP contribution is -2.01. The molecule has 0 heterocycles. The molecule has 0 aliphatic heterocycles. The molecule has 19 heavy (non-hydrogen) atoms. The summed E-state index contributed by atoms with van der Waals surface area (Å²) in [5.74, 6) is 0. The molecule has 0 radical (unpaired) electrons. The van der Waals surface area contributed by atoms with Gasteiger partial charge >= 0.3 is 0 Å². The molecule has 1 unspecified atom stereocenters. The maximum atomic E-state index is 10.4. The second-order valence-corrected chi connectivity index (χ2v) is 5.37. The molecule has 1 N–H and O–H groups in total. The van der Waals surface area contributed by atoms with Crippen molar-refractivity contribution in [2.45, 2.75) is 38.7 Å². The summed E-state index contributed by atoms with van der Waals surface area (Å²) in [7, 11) is 0. The van der Waals surface area contributed by atoms with Crippen molar-refractivity contribution >= 4 is 0 Å². The van der Waals surface area contributed by atoms with Crippen LogP contribution in [0.25, 0.3) is 11.1 Å². The van der Waals surface area contributed by atoms with E-state index in [2.05, 4.69) is 49.4 Å². The Balaban J connectivity index is 1.99. The summed E-state index contributed by atoms with van der Waals surface area (Å²) in [5, 5.41) is 10.4. The largest absolute Gasteiger partial charge is 0.388 e. The first-order valence-electron chi connectivity index (χ1n) is 7.19. The van der Waals surface area contributed by atoms with E-state index in [4.69, 9.17) is 0 Å². The van der Waals surface area contributed by atoms with E-state index < -0.39 is 0 Å². The molecule has 0 saturated carbocycles. The fourth-order valence-corrected chi connectivity index (χ4v) is 3.05. The number of rotatable bonds is 4. The van der Waals surface area contributed by atoms with Gasteiger partial charge in [0, 0.05) is 0 Å². The van der Waals surface area contributed by atoms with Crippen LogP contribution in [0, 0.1) is 0 Å². The van der Waals surface area contributed by atoms with Gasteiger partial charge in [0.1, 0.15) is 0 Å². The third-order valence-electron chi connectivity index (χ3n) is 4.08. The number of aliphatic hydroxyl groups excluding tert-OH is 1. The van der Waals surface area contributed by atoms with Gasteiger partial charge in [-0.3, -0.25) is 0 Å². The molecule has 0 bridgehead atoms. The zero-order valence-corrected chi connectivity index (χ0v) is 11.4. The summed E-state index contributed by atoms with van der Waals surface area (Å²) in [5.41, 5.74) is 6.48. The zero-order chi connectivity index (χ0) is 13.2. The summed E-state index contributed by atoms with van der Waals surface area (Å²) in [6.07, 6.45) is 3.72. The van der Waals surface area contributed by atoms with E-state index in [9.17, 15) is 5.11 Å². The van der Waals surface area contributed by atoms with Crippen molar-refractivity contribution in [3.05, 3.63) is 59.2 Å². The lowest BCUT2D eigenvalue weighted by Gasteiger charge is -2.15. The van der Waals surface area contributed by atoms with Crippen molar-refractivity contribution in [2.24, 2.45) is 0 Å². The molecule has 2 aromatic rings. The number of benzene rings is 2. The quantitative estimate of drug-likeness (QED) is 0.725. The highest BCUT2D eigenvalue weighted by Gasteiger charge is 2.22. The maximum absolute atomic E-state index is 10.4. The Morgan fingerprint density at radius 3 is 2.68 bits per heavy atom. The molecule has 3 rings (SSSR count). The topological polar surface area (TPSA) is 20.2 Å². The molecule has 98 valence electrons. The van der Waals surface area contributed by atoms with Gasteiger partial charge in [0.25, 0.3) is 0 Å². The van der Waals surface area contributed by atoms with Crippen LogP contribution in [0.2, 0.25) is 0 Å². The van der Waals surface area contributed by atoms with E-state index in [1.807, 2.05) is 0 Å². The predicted molar refractivity (Wildman–Crippen MR) is 79.2 cm³/mol. The highest BCUT2D eigenvalue weighted by Crippen LogP contribution is 2.40. The highest BCUT2D eigenvalue weighted by atomic mass is 16.3. The van der Waals surface area contributed by atoms with E-state index in [0.717, 1.165) is 31.2 Å². The summed E-state index contributed by atoms with van der Waals surface area (Å²) in [4.78, 5) is 0. The van der Waals surface area contributed by atoms with Crippen LogP contribution >= 0.6 is 0 Å². The number of aliphatic hydroxyl groups is 1. The molecule has 0 aromatic heterocycles. The summed E-state index contributed by atoms with van der Waals surface area (Å²) in [6.45, 7) is 2.16. The lowest BCUT2D eigenvalue weighted by atomic mass is 9.95. The van der Waals surface area contributed by atoms with E-state index in [1.165, 1.54) is 22.3 Å². The molecular weight excluding hydrogens is 232 g/mol. The molecule has 0 saturated heterocycles. The van der Waals surface area contributed by atoms with Crippen molar-refractivity contribution < 1.29 is 5.11 Å². The van der Waals surface area contributed by atoms with Crippen molar-refractivity contribution in [1.29, 1.82) is 0 Å². The molecule has 0 fully saturated rings. The molecule has 0 spiro atoms. The SMILES string of the molecule is CCCCC(O)c1cccc2c1Cc1ccccc1-2. The summed E-state index contributed by atoms with van der Waals surface area (Å²) in [6, 6.07) is 14.9. The third-order valence-corrected chi connectivity index (χ3v) is 4.08. The Morgan fingerprint density at radius 1 is 1.05 bits per heavy atom. The van der Waals surface area contributed by atoms with Crippen LogP contribution < -0.4 is 0 Å². The predicted octanol–water partition coefficient (Wildman–Crippen LogP) is 4.48. The van der Waals surface area contributed by atoms with Gasteiger partial charge in [-0.05, 0) is 40.7 Å². The molecule has 0 amide bonds. The van der Waals surface area contributed by atoms with Gasteiger partial charge in [-0.2, -0.15) is 0 Å². The molecule has 1 aliphatic carbocycles. The van der Waals surface area contributed by atoms with Crippen LogP contribution in [-0.2, 0) is 6.42 Å². The number of fused-ring (bicyclic) bond motifs is 3. The smallest absolute Gasteiger partial charge is 0.0793 e. The molecule has 2 aromatic carbocycles. The van der Waals surface area contributed by atoms with Gasteiger partial charge in [-0.25, -0.2) is 0 Å². The van der Waals surface area contributed by atoms with Gasteiger partial charge in [0.05, 0.1) is 6.10 Å². The van der Waals surface area contributed by atoms with Crippen molar-refractivity contribution in [3.8, 4) is 11.1 Å². The standard InChI is InChI=1S/C18H20O/c1-2-3-11-18(19)16-10-6-9-15-14-8-5-4-7-13(14)12-17(15)16/h4-10,18-19H,2-3,11-12H2,1H3. The van der Waals surface area contributed by atoms with Crippen molar-refractivity contribution in [3.63, 3.8) is 0 Å². The Hall–Kier alpha value is -1.60. The van der Waals surface area contributed by atoms with E-state index in [-0.39, 0.29) is 6.10 Å². The minimum Gasteiger partial charge on any atom is -0.388 e. The molecule has 1 aliphatic rings. The third kappa shape index (κ3) is 2.19. The van der Waals surface area contributed by atoms with E-state index >= 15 is 0 Å². The maximum Gasteiger partial charge on any atom is 0.0793 e. The van der Waals surface area contributed by atoms with Gasteiger partial charge in [-0.1, -0.05) is 62.2 Å². The Labute approximate surface area is 114 Å². The highest BCUT2D eigenvalue weighted by molar-refractivity contribution is 5.77. The Kier molecular flexibility index (Phi) is 3.39. The molecule has 1 nitrogen and oxygen atoms in total. The normalized spacial score (nSPS) is 14.0. The van der Waals surface area contributed by atoms with E-state index in [0.29, 0.717) is 0 Å². The van der Waals surface area contributed by atoms with Gasteiger partial charge in [-0.15, -0.1) is 0 Å². The average Bonchev–Trinajstić information content (AvgIpc) is 2.83. The number of hydrogen-bond acceptors (Lipinski definition) is 1. The molecular formula is C18H20O. The van der Waals surface area contributed by atoms with Crippen LogP contribution in [-0.4, -0.2) is 5.11 Å². The average molecular weight is 252 g/mol. The summed E-state index contributed by atoms with van der Waals surface area (Å²) >= 11 is 0. The first-order chi connectivity index (χ1) is 9.31. The Bertz CT molecular complexity index is 586. The summed E-state index contributed by atoms with van der Waals surface area (Å²) < 4.78 is 0. The van der Waals surface area contributed by atoms with Crippen molar-refractivity contribution in [1.82, 2.24) is 0 Å². The number of hydrogen-bond donors (Lipinski definition) is 1. The minimum atomic E-state index is -0.316. The van der Waals surface area contributed by atoms with Crippen LogP contribution in [0.5, 0.6) is 0 Å². The zero-order valence-electron chi connectivity index (χ0n) is 11.4. The lowest BCUT2D eigenvalue weighted by molar-refractivity contribution is 0.163. The Morgan fingerprint density at radius 2 is 1.84 bits per heavy atom. The molecule has 1 heteroatoms. The van der Waals surface area contributed by atoms with Gasteiger partial charge in [0.15, 0.2) is 0 Å². The van der Waals surface area contributed by atoms with Crippen LogP contribution in [0.3, 0.4) is 0 Å². The second-order valence-electron chi connectivity index (χ2n) is 5.37. The number of unbranched alkanes of at least 4 members (excludes halogenated alkanes) is 1. The van der Waals surface area contributed by atoms with E-state index in [1.54, 1.807) is 0 Å². The molecule has 1 atom stereocenters. The van der Waals surface area contributed by atoms with Crippen molar-refractivity contribution in [2.75, 3.05) is 0 Å². The second kappa shape index (κ2) is 5.18. The monoisotopic (exact) mass is 252 g/mol. The van der Waals surface area contributed by atoms with Crippen LogP contribution in [0.4, 0.5) is 0 Å². The van der Waals surface area contributed by atoms with Crippen LogP contribution in [0.1, 0.15) is 49.0 Å². The fourth-order valence-electron chi connectivity index (χ4n) is 3.05. The fraction of sp³-hybridized carbons (Fsp3) is 0.333.